The van der Waals surface area contributed by atoms with Crippen LogP contribution < -0.4 is 5.32 Å². The van der Waals surface area contributed by atoms with Crippen molar-refractivity contribution in [1.29, 1.82) is 0 Å². The molecule has 1 N–H and O–H groups in total. The van der Waals surface area contributed by atoms with Gasteiger partial charge in [0, 0.05) is 12.1 Å². The lowest BCUT2D eigenvalue weighted by molar-refractivity contribution is -0.153. The molecule has 0 saturated heterocycles. The second-order valence-electron chi connectivity index (χ2n) is 4.93. The molecule has 0 aliphatic heterocycles. The van der Waals surface area contributed by atoms with Crippen molar-refractivity contribution in [2.24, 2.45) is 0 Å². The molecule has 0 aliphatic carbocycles. The van der Waals surface area contributed by atoms with Crippen molar-refractivity contribution in [3.05, 3.63) is 35.4 Å². The van der Waals surface area contributed by atoms with Crippen LogP contribution in [0.2, 0.25) is 0 Å². The summed E-state index contributed by atoms with van der Waals surface area (Å²) in [6.45, 7) is 5.31. The predicted octanol–water partition coefficient (Wildman–Crippen LogP) is 2.40. The van der Waals surface area contributed by atoms with Gasteiger partial charge in [-0.1, -0.05) is 0 Å². The number of hydrogen-bond acceptors (Lipinski definition) is 3. The summed E-state index contributed by atoms with van der Waals surface area (Å²) in [6, 6.07) is 3.20. The Labute approximate surface area is 105 Å². The average molecular weight is 257 g/mol. The zero-order valence-electron chi connectivity index (χ0n) is 10.7. The van der Waals surface area contributed by atoms with Crippen LogP contribution in [0.3, 0.4) is 0 Å². The molecule has 1 aromatic rings. The number of ether oxygens (including phenoxy) is 1. The summed E-state index contributed by atoms with van der Waals surface area (Å²) >= 11 is 0. The van der Waals surface area contributed by atoms with E-state index in [0.717, 1.165) is 18.2 Å². The molecule has 5 heteroatoms. The summed E-state index contributed by atoms with van der Waals surface area (Å²) in [5.41, 5.74) is -0.373. The predicted molar refractivity (Wildman–Crippen MR) is 63.9 cm³/mol. The zero-order chi connectivity index (χ0) is 13.8. The summed E-state index contributed by atoms with van der Waals surface area (Å²) in [6.07, 6.45) is 0. The molecule has 1 aromatic carbocycles. The van der Waals surface area contributed by atoms with E-state index < -0.39 is 23.2 Å². The fourth-order valence-corrected chi connectivity index (χ4v) is 1.36. The number of benzene rings is 1. The average Bonchev–Trinajstić information content (AvgIpc) is 2.20. The van der Waals surface area contributed by atoms with Gasteiger partial charge in [0.2, 0.25) is 0 Å². The van der Waals surface area contributed by atoms with Crippen LogP contribution in [0, 0.1) is 11.6 Å². The smallest absolute Gasteiger partial charge is 0.320 e. The quantitative estimate of drug-likeness (QED) is 0.842. The SMILES string of the molecule is CC(C)(C)OC(=O)CNCc1cc(F)ccc1F. The van der Waals surface area contributed by atoms with Crippen LogP contribution in [0.15, 0.2) is 18.2 Å². The fourth-order valence-electron chi connectivity index (χ4n) is 1.36. The van der Waals surface area contributed by atoms with E-state index in [1.165, 1.54) is 0 Å². The van der Waals surface area contributed by atoms with E-state index in [1.807, 2.05) is 0 Å². The van der Waals surface area contributed by atoms with E-state index in [0.29, 0.717) is 0 Å². The molecular weight excluding hydrogens is 240 g/mol. The number of esters is 1. The Kier molecular flexibility index (Phi) is 4.78. The molecule has 0 fully saturated rings. The number of carbonyl (C=O) groups excluding carboxylic acids is 1. The topological polar surface area (TPSA) is 38.3 Å². The van der Waals surface area contributed by atoms with Gasteiger partial charge < -0.3 is 10.1 Å². The minimum atomic E-state index is -0.553. The maximum absolute atomic E-state index is 13.2. The van der Waals surface area contributed by atoms with Crippen LogP contribution in [0.4, 0.5) is 8.78 Å². The van der Waals surface area contributed by atoms with Gasteiger partial charge in [-0.3, -0.25) is 4.79 Å². The fraction of sp³-hybridized carbons (Fsp3) is 0.462. The van der Waals surface area contributed by atoms with E-state index in [4.69, 9.17) is 4.74 Å². The molecule has 0 aliphatic rings. The van der Waals surface area contributed by atoms with Gasteiger partial charge in [-0.15, -0.1) is 0 Å². The van der Waals surface area contributed by atoms with Gasteiger partial charge >= 0.3 is 5.97 Å². The molecule has 100 valence electrons. The van der Waals surface area contributed by atoms with E-state index in [2.05, 4.69) is 5.32 Å². The first kappa shape index (κ1) is 14.6. The van der Waals surface area contributed by atoms with Crippen LogP contribution in [-0.2, 0) is 16.1 Å². The first-order valence-corrected chi connectivity index (χ1v) is 5.64. The van der Waals surface area contributed by atoms with Crippen molar-refractivity contribution in [3.8, 4) is 0 Å². The molecule has 0 saturated carbocycles. The van der Waals surface area contributed by atoms with Crippen LogP contribution in [0.25, 0.3) is 0 Å². The van der Waals surface area contributed by atoms with Gasteiger partial charge in [0.15, 0.2) is 0 Å². The van der Waals surface area contributed by atoms with E-state index in [-0.39, 0.29) is 18.7 Å². The van der Waals surface area contributed by atoms with E-state index >= 15 is 0 Å². The van der Waals surface area contributed by atoms with Crippen LogP contribution in [0.1, 0.15) is 26.3 Å². The third-order valence-electron chi connectivity index (χ3n) is 2.01. The van der Waals surface area contributed by atoms with Gasteiger partial charge in [0.1, 0.15) is 17.2 Å². The molecule has 0 unspecified atom stereocenters. The number of rotatable bonds is 4. The largest absolute Gasteiger partial charge is 0.459 e. The molecule has 0 radical (unpaired) electrons. The molecule has 0 aromatic heterocycles. The third-order valence-corrected chi connectivity index (χ3v) is 2.01. The van der Waals surface area contributed by atoms with Crippen molar-refractivity contribution in [1.82, 2.24) is 5.32 Å². The highest BCUT2D eigenvalue weighted by Gasteiger charge is 2.15. The summed E-state index contributed by atoms with van der Waals surface area (Å²) in [5, 5.41) is 2.71. The van der Waals surface area contributed by atoms with Crippen LogP contribution >= 0.6 is 0 Å². The summed E-state index contributed by atoms with van der Waals surface area (Å²) in [7, 11) is 0. The van der Waals surface area contributed by atoms with Crippen LogP contribution in [0.5, 0.6) is 0 Å². The van der Waals surface area contributed by atoms with E-state index in [1.54, 1.807) is 20.8 Å². The second kappa shape index (κ2) is 5.91. The molecule has 0 heterocycles. The monoisotopic (exact) mass is 257 g/mol. The molecule has 0 atom stereocenters. The maximum Gasteiger partial charge on any atom is 0.320 e. The Hall–Kier alpha value is -1.49. The van der Waals surface area contributed by atoms with Gasteiger partial charge in [0.25, 0.3) is 0 Å². The minimum absolute atomic E-state index is 0.0484. The summed E-state index contributed by atoms with van der Waals surface area (Å²) in [4.78, 5) is 11.3. The van der Waals surface area contributed by atoms with Crippen molar-refractivity contribution in [2.45, 2.75) is 32.9 Å². The Morgan fingerprint density at radius 2 is 2.00 bits per heavy atom. The van der Waals surface area contributed by atoms with Gasteiger partial charge in [-0.2, -0.15) is 0 Å². The highest BCUT2D eigenvalue weighted by molar-refractivity contribution is 5.72. The Balaban J connectivity index is 2.42. The molecular formula is C13H17F2NO2. The van der Waals surface area contributed by atoms with Crippen molar-refractivity contribution < 1.29 is 18.3 Å². The first-order valence-electron chi connectivity index (χ1n) is 5.64. The minimum Gasteiger partial charge on any atom is -0.459 e. The standard InChI is InChI=1S/C13H17F2NO2/c1-13(2,3)18-12(17)8-16-7-9-6-10(14)4-5-11(9)15/h4-6,16H,7-8H2,1-3H3. The Morgan fingerprint density at radius 1 is 1.33 bits per heavy atom. The van der Waals surface area contributed by atoms with Crippen molar-refractivity contribution in [3.63, 3.8) is 0 Å². The normalized spacial score (nSPS) is 11.4. The highest BCUT2D eigenvalue weighted by Crippen LogP contribution is 2.09. The second-order valence-corrected chi connectivity index (χ2v) is 4.93. The lowest BCUT2D eigenvalue weighted by Gasteiger charge is -2.19. The number of carbonyl (C=O) groups is 1. The maximum atomic E-state index is 13.2. The number of nitrogens with one attached hydrogen (secondary N) is 1. The first-order chi connectivity index (χ1) is 8.28. The third kappa shape index (κ3) is 5.23. The lowest BCUT2D eigenvalue weighted by Crippen LogP contribution is -2.31. The Morgan fingerprint density at radius 3 is 2.61 bits per heavy atom. The van der Waals surface area contributed by atoms with Crippen LogP contribution in [-0.4, -0.2) is 18.1 Å². The zero-order valence-corrected chi connectivity index (χ0v) is 10.7. The van der Waals surface area contributed by atoms with Gasteiger partial charge in [-0.05, 0) is 39.0 Å². The summed E-state index contributed by atoms with van der Waals surface area (Å²) < 4.78 is 31.2. The van der Waals surface area contributed by atoms with Gasteiger partial charge in [-0.25, -0.2) is 8.78 Å². The highest BCUT2D eigenvalue weighted by atomic mass is 19.1. The van der Waals surface area contributed by atoms with Gasteiger partial charge in [0.05, 0.1) is 6.54 Å². The number of halogens is 2. The summed E-state index contributed by atoms with van der Waals surface area (Å²) in [5.74, 6) is -1.45. The Bertz CT molecular complexity index is 427. The molecule has 3 nitrogen and oxygen atoms in total. The molecule has 0 amide bonds. The molecule has 1 rings (SSSR count). The molecule has 0 spiro atoms. The molecule has 0 bridgehead atoms. The van der Waals surface area contributed by atoms with Crippen molar-refractivity contribution in [2.75, 3.05) is 6.54 Å². The van der Waals surface area contributed by atoms with Crippen molar-refractivity contribution >= 4 is 5.97 Å². The number of hydrogen-bond donors (Lipinski definition) is 1. The van der Waals surface area contributed by atoms with E-state index in [9.17, 15) is 13.6 Å². The lowest BCUT2D eigenvalue weighted by atomic mass is 10.2. The molecule has 18 heavy (non-hydrogen) atoms.